The molecule has 0 aliphatic heterocycles. The van der Waals surface area contributed by atoms with Crippen molar-refractivity contribution in [2.45, 2.75) is 38.8 Å². The predicted molar refractivity (Wildman–Crippen MR) is 67.8 cm³/mol. The summed E-state index contributed by atoms with van der Waals surface area (Å²) in [5, 5.41) is 3.57. The molecule has 1 aromatic rings. The van der Waals surface area contributed by atoms with E-state index in [1.165, 1.54) is 18.9 Å². The highest BCUT2D eigenvalue weighted by atomic mass is 79.9. The Morgan fingerprint density at radius 2 is 2.31 bits per heavy atom. The van der Waals surface area contributed by atoms with Gasteiger partial charge in [0.25, 0.3) is 0 Å². The molecule has 1 aliphatic rings. The van der Waals surface area contributed by atoms with Crippen LogP contribution in [0.25, 0.3) is 0 Å². The number of benzene rings is 1. The average Bonchev–Trinajstić information content (AvgIpc) is 3.00. The van der Waals surface area contributed by atoms with Crippen molar-refractivity contribution in [3.8, 4) is 0 Å². The average molecular weight is 286 g/mol. The van der Waals surface area contributed by atoms with Crippen molar-refractivity contribution in [1.29, 1.82) is 0 Å². The van der Waals surface area contributed by atoms with Crippen molar-refractivity contribution in [3.05, 3.63) is 34.1 Å². The quantitative estimate of drug-likeness (QED) is 0.881. The van der Waals surface area contributed by atoms with E-state index in [9.17, 15) is 4.39 Å². The Bertz CT molecular complexity index is 380. The van der Waals surface area contributed by atoms with E-state index in [1.54, 1.807) is 0 Å². The maximum atomic E-state index is 13.1. The van der Waals surface area contributed by atoms with Crippen molar-refractivity contribution in [1.82, 2.24) is 5.32 Å². The molecule has 0 heterocycles. The molecule has 16 heavy (non-hydrogen) atoms. The second-order valence-electron chi connectivity index (χ2n) is 4.57. The molecule has 1 nitrogen and oxygen atoms in total. The molecule has 88 valence electrons. The van der Waals surface area contributed by atoms with Crippen molar-refractivity contribution in [3.63, 3.8) is 0 Å². The van der Waals surface area contributed by atoms with Gasteiger partial charge in [0.05, 0.1) is 4.47 Å². The molecule has 1 saturated carbocycles. The lowest BCUT2D eigenvalue weighted by Gasteiger charge is -2.14. The Morgan fingerprint density at radius 1 is 1.56 bits per heavy atom. The van der Waals surface area contributed by atoms with Crippen LogP contribution in [0, 0.1) is 11.7 Å². The van der Waals surface area contributed by atoms with E-state index in [0.717, 1.165) is 11.5 Å². The van der Waals surface area contributed by atoms with Gasteiger partial charge in [0.1, 0.15) is 5.82 Å². The van der Waals surface area contributed by atoms with Gasteiger partial charge in [-0.2, -0.15) is 0 Å². The summed E-state index contributed by atoms with van der Waals surface area (Å²) in [4.78, 5) is 0. The number of halogens is 2. The van der Waals surface area contributed by atoms with E-state index < -0.39 is 0 Å². The molecule has 1 N–H and O–H groups in total. The van der Waals surface area contributed by atoms with Crippen molar-refractivity contribution < 1.29 is 4.39 Å². The predicted octanol–water partition coefficient (Wildman–Crippen LogP) is 4.04. The van der Waals surface area contributed by atoms with Crippen LogP contribution in [-0.4, -0.2) is 6.04 Å². The Labute approximate surface area is 105 Å². The van der Waals surface area contributed by atoms with E-state index >= 15 is 0 Å². The zero-order chi connectivity index (χ0) is 11.7. The van der Waals surface area contributed by atoms with Crippen LogP contribution in [0.5, 0.6) is 0 Å². The summed E-state index contributed by atoms with van der Waals surface area (Å²) < 4.78 is 13.6. The van der Waals surface area contributed by atoms with Crippen LogP contribution in [0.2, 0.25) is 0 Å². The fourth-order valence-electron chi connectivity index (χ4n) is 2.10. The number of hydrogen-bond acceptors (Lipinski definition) is 1. The topological polar surface area (TPSA) is 12.0 Å². The molecule has 3 atom stereocenters. The van der Waals surface area contributed by atoms with Gasteiger partial charge < -0.3 is 5.32 Å². The summed E-state index contributed by atoms with van der Waals surface area (Å²) in [5.74, 6) is 0.639. The third-order valence-electron chi connectivity index (χ3n) is 3.35. The third kappa shape index (κ3) is 2.64. The van der Waals surface area contributed by atoms with Crippen LogP contribution in [0.1, 0.15) is 38.3 Å². The molecular formula is C13H17BrFN. The molecular weight excluding hydrogens is 269 g/mol. The molecule has 1 fully saturated rings. The highest BCUT2D eigenvalue weighted by Gasteiger charge is 2.35. The zero-order valence-electron chi connectivity index (χ0n) is 9.63. The van der Waals surface area contributed by atoms with Crippen molar-refractivity contribution in [2.75, 3.05) is 0 Å². The van der Waals surface area contributed by atoms with E-state index in [2.05, 4.69) is 35.1 Å². The number of nitrogens with one attached hydrogen (secondary N) is 1. The van der Waals surface area contributed by atoms with E-state index in [0.29, 0.717) is 16.6 Å². The molecule has 1 aromatic carbocycles. The first-order valence-electron chi connectivity index (χ1n) is 5.82. The van der Waals surface area contributed by atoms with Crippen LogP contribution < -0.4 is 5.32 Å². The third-order valence-corrected chi connectivity index (χ3v) is 3.96. The van der Waals surface area contributed by atoms with Crippen LogP contribution in [0.4, 0.5) is 4.39 Å². The monoisotopic (exact) mass is 285 g/mol. The SMILES string of the molecule is CCC1CC1NC(C)c1ccc(F)c(Br)c1. The Morgan fingerprint density at radius 3 is 2.88 bits per heavy atom. The number of rotatable bonds is 4. The molecule has 3 unspecified atom stereocenters. The molecule has 0 bridgehead atoms. The van der Waals surface area contributed by atoms with Gasteiger partial charge in [-0.25, -0.2) is 4.39 Å². The molecule has 0 aromatic heterocycles. The molecule has 0 radical (unpaired) electrons. The summed E-state index contributed by atoms with van der Waals surface area (Å²) in [6.45, 7) is 4.36. The fraction of sp³-hybridized carbons (Fsp3) is 0.538. The van der Waals surface area contributed by atoms with Gasteiger partial charge in [-0.05, 0) is 52.9 Å². The molecule has 3 heteroatoms. The molecule has 0 saturated heterocycles. The van der Waals surface area contributed by atoms with Gasteiger partial charge >= 0.3 is 0 Å². The molecule has 1 aliphatic carbocycles. The minimum absolute atomic E-state index is 0.200. The standard InChI is InChI=1S/C13H17BrFN/c1-3-9-7-13(9)16-8(2)10-4-5-12(15)11(14)6-10/h4-6,8-9,13,16H,3,7H2,1-2H3. The molecule has 0 amide bonds. The number of hydrogen-bond donors (Lipinski definition) is 1. The van der Waals surface area contributed by atoms with Crippen LogP contribution in [-0.2, 0) is 0 Å². The lowest BCUT2D eigenvalue weighted by Crippen LogP contribution is -2.22. The Kier molecular flexibility index (Phi) is 3.65. The lowest BCUT2D eigenvalue weighted by molar-refractivity contribution is 0.537. The first-order valence-corrected chi connectivity index (χ1v) is 6.62. The van der Waals surface area contributed by atoms with Crippen LogP contribution in [0.15, 0.2) is 22.7 Å². The fourth-order valence-corrected chi connectivity index (χ4v) is 2.50. The van der Waals surface area contributed by atoms with Gasteiger partial charge in [0.2, 0.25) is 0 Å². The first-order chi connectivity index (χ1) is 7.61. The van der Waals surface area contributed by atoms with Crippen LogP contribution >= 0.6 is 15.9 Å². The van der Waals surface area contributed by atoms with Gasteiger partial charge in [-0.1, -0.05) is 19.4 Å². The summed E-state index contributed by atoms with van der Waals surface area (Å²) in [7, 11) is 0. The summed E-state index contributed by atoms with van der Waals surface area (Å²) in [6.07, 6.45) is 2.53. The van der Waals surface area contributed by atoms with E-state index in [4.69, 9.17) is 0 Å². The second kappa shape index (κ2) is 4.84. The maximum absolute atomic E-state index is 13.1. The maximum Gasteiger partial charge on any atom is 0.137 e. The summed E-state index contributed by atoms with van der Waals surface area (Å²) in [6, 6.07) is 6.17. The second-order valence-corrected chi connectivity index (χ2v) is 5.43. The van der Waals surface area contributed by atoms with Gasteiger partial charge in [-0.3, -0.25) is 0 Å². The summed E-state index contributed by atoms with van der Waals surface area (Å²) >= 11 is 3.22. The highest BCUT2D eigenvalue weighted by molar-refractivity contribution is 9.10. The van der Waals surface area contributed by atoms with Crippen molar-refractivity contribution >= 4 is 15.9 Å². The minimum Gasteiger partial charge on any atom is -0.307 e. The minimum atomic E-state index is -0.200. The van der Waals surface area contributed by atoms with E-state index in [-0.39, 0.29) is 5.82 Å². The molecule has 0 spiro atoms. The summed E-state index contributed by atoms with van der Waals surface area (Å²) in [5.41, 5.74) is 1.13. The van der Waals surface area contributed by atoms with Gasteiger partial charge in [0, 0.05) is 12.1 Å². The van der Waals surface area contributed by atoms with Gasteiger partial charge in [0.15, 0.2) is 0 Å². The Hall–Kier alpha value is -0.410. The molecule has 2 rings (SSSR count). The highest BCUT2D eigenvalue weighted by Crippen LogP contribution is 2.35. The van der Waals surface area contributed by atoms with Crippen molar-refractivity contribution in [2.24, 2.45) is 5.92 Å². The smallest absolute Gasteiger partial charge is 0.137 e. The van der Waals surface area contributed by atoms with E-state index in [1.807, 2.05) is 12.1 Å². The first kappa shape index (κ1) is 12.1. The lowest BCUT2D eigenvalue weighted by atomic mass is 10.1. The van der Waals surface area contributed by atoms with Gasteiger partial charge in [-0.15, -0.1) is 0 Å². The zero-order valence-corrected chi connectivity index (χ0v) is 11.2. The normalized spacial score (nSPS) is 25.5. The Balaban J connectivity index is 1.98. The van der Waals surface area contributed by atoms with Crippen LogP contribution in [0.3, 0.4) is 0 Å². The largest absolute Gasteiger partial charge is 0.307 e.